The number of halogens is 1. The van der Waals surface area contributed by atoms with Crippen molar-refractivity contribution in [3.05, 3.63) is 88.8 Å². The van der Waals surface area contributed by atoms with E-state index in [-0.39, 0.29) is 12.1 Å². The zero-order chi connectivity index (χ0) is 23.5. The van der Waals surface area contributed by atoms with E-state index in [4.69, 9.17) is 16.7 Å². The molecule has 0 aliphatic carbocycles. The number of nitrogens with one attached hydrogen (secondary N) is 1. The number of nitrogens with zero attached hydrogens (tertiary/aromatic N) is 5. The molecular weight excluding hydrogens is 436 g/mol. The summed E-state index contributed by atoms with van der Waals surface area (Å²) in [6, 6.07) is 17.2. The Morgan fingerprint density at radius 3 is 2.48 bits per heavy atom. The summed E-state index contributed by atoms with van der Waals surface area (Å²) < 4.78 is 3.64. The summed E-state index contributed by atoms with van der Waals surface area (Å²) in [5.41, 5.74) is 5.66. The van der Waals surface area contributed by atoms with Crippen LogP contribution in [0.1, 0.15) is 29.8 Å². The van der Waals surface area contributed by atoms with E-state index in [9.17, 15) is 4.79 Å². The molecule has 0 bridgehead atoms. The summed E-state index contributed by atoms with van der Waals surface area (Å²) in [5.74, 6) is 0. The van der Waals surface area contributed by atoms with Gasteiger partial charge in [0.15, 0.2) is 0 Å². The first-order valence-electron chi connectivity index (χ1n) is 10.7. The molecule has 2 aromatic carbocycles. The fourth-order valence-electron chi connectivity index (χ4n) is 3.73. The molecule has 1 unspecified atom stereocenters. The Labute approximate surface area is 198 Å². The van der Waals surface area contributed by atoms with Crippen LogP contribution in [0.5, 0.6) is 0 Å². The maximum Gasteiger partial charge on any atom is 0.317 e. The average Bonchev–Trinajstić information content (AvgIpc) is 3.38. The number of hydrogen-bond acceptors (Lipinski definition) is 3. The van der Waals surface area contributed by atoms with E-state index < -0.39 is 0 Å². The van der Waals surface area contributed by atoms with Gasteiger partial charge in [-0.25, -0.2) is 9.48 Å². The monoisotopic (exact) mass is 462 g/mol. The zero-order valence-corrected chi connectivity index (χ0v) is 19.9. The Morgan fingerprint density at radius 2 is 1.85 bits per heavy atom. The van der Waals surface area contributed by atoms with Gasteiger partial charge in [0, 0.05) is 47.7 Å². The van der Waals surface area contributed by atoms with E-state index in [1.165, 1.54) is 0 Å². The van der Waals surface area contributed by atoms with Crippen molar-refractivity contribution in [1.82, 2.24) is 29.8 Å². The summed E-state index contributed by atoms with van der Waals surface area (Å²) >= 11 is 6.08. The molecule has 4 aromatic rings. The molecule has 1 atom stereocenters. The van der Waals surface area contributed by atoms with Gasteiger partial charge in [0.25, 0.3) is 0 Å². The van der Waals surface area contributed by atoms with Crippen molar-refractivity contribution in [3.63, 3.8) is 0 Å². The Bertz CT molecular complexity index is 1250. The second-order valence-electron chi connectivity index (χ2n) is 8.13. The Balaban J connectivity index is 1.58. The molecule has 0 spiro atoms. The lowest BCUT2D eigenvalue weighted by molar-refractivity contribution is 0.203. The highest BCUT2D eigenvalue weighted by Gasteiger charge is 2.20. The Morgan fingerprint density at radius 1 is 1.15 bits per heavy atom. The van der Waals surface area contributed by atoms with Crippen molar-refractivity contribution >= 4 is 17.6 Å². The fraction of sp³-hybridized carbons (Fsp3) is 0.240. The van der Waals surface area contributed by atoms with Gasteiger partial charge >= 0.3 is 6.03 Å². The number of hydrogen-bond donors (Lipinski definition) is 1. The molecule has 0 saturated carbocycles. The van der Waals surface area contributed by atoms with E-state index in [1.807, 2.05) is 86.4 Å². The third-order valence-corrected chi connectivity index (χ3v) is 6.01. The van der Waals surface area contributed by atoms with Crippen molar-refractivity contribution in [1.29, 1.82) is 0 Å². The first kappa shape index (κ1) is 22.6. The van der Waals surface area contributed by atoms with Crippen LogP contribution in [0.3, 0.4) is 0 Å². The lowest BCUT2D eigenvalue weighted by Crippen LogP contribution is -2.38. The molecule has 4 rings (SSSR count). The first-order valence-corrected chi connectivity index (χ1v) is 11.1. The van der Waals surface area contributed by atoms with Gasteiger partial charge in [-0.05, 0) is 38.1 Å². The molecule has 170 valence electrons. The van der Waals surface area contributed by atoms with Gasteiger partial charge < -0.3 is 10.2 Å². The summed E-state index contributed by atoms with van der Waals surface area (Å²) in [6.45, 7) is 4.35. The number of benzene rings is 2. The minimum Gasteiger partial charge on any atom is -0.331 e. The number of aryl methyl sites for hydroxylation is 1. The van der Waals surface area contributed by atoms with Crippen LogP contribution < -0.4 is 5.32 Å². The normalized spacial score (nSPS) is 11.9. The predicted octanol–water partition coefficient (Wildman–Crippen LogP) is 5.14. The first-order chi connectivity index (χ1) is 15.8. The van der Waals surface area contributed by atoms with E-state index >= 15 is 0 Å². The Hall–Kier alpha value is -3.58. The quantitative estimate of drug-likeness (QED) is 0.431. The minimum absolute atomic E-state index is 0.156. The van der Waals surface area contributed by atoms with Crippen LogP contribution in [0.2, 0.25) is 5.02 Å². The minimum atomic E-state index is -0.166. The van der Waals surface area contributed by atoms with Crippen LogP contribution in [0.4, 0.5) is 4.79 Å². The second-order valence-corrected chi connectivity index (χ2v) is 8.56. The van der Waals surface area contributed by atoms with E-state index in [0.717, 1.165) is 33.8 Å². The van der Waals surface area contributed by atoms with Crippen LogP contribution in [0, 0.1) is 6.92 Å². The molecule has 2 aromatic heterocycles. The van der Waals surface area contributed by atoms with E-state index in [2.05, 4.69) is 10.4 Å². The van der Waals surface area contributed by atoms with Crippen LogP contribution in [0.25, 0.3) is 16.9 Å². The van der Waals surface area contributed by atoms with Gasteiger partial charge in [0.1, 0.15) is 0 Å². The molecule has 0 aliphatic rings. The van der Waals surface area contributed by atoms with Gasteiger partial charge in [0.05, 0.1) is 30.2 Å². The molecular formula is C25H27ClN6O. The van der Waals surface area contributed by atoms with Crippen molar-refractivity contribution in [2.24, 2.45) is 7.05 Å². The molecule has 0 aliphatic heterocycles. The van der Waals surface area contributed by atoms with Crippen molar-refractivity contribution in [3.8, 4) is 16.9 Å². The lowest BCUT2D eigenvalue weighted by atomic mass is 10.1. The molecule has 1 N–H and O–H groups in total. The summed E-state index contributed by atoms with van der Waals surface area (Å²) in [7, 11) is 3.67. The molecule has 0 saturated heterocycles. The van der Waals surface area contributed by atoms with Crippen LogP contribution in [-0.4, -0.2) is 37.5 Å². The highest BCUT2D eigenvalue weighted by atomic mass is 35.5. The molecule has 8 heteroatoms. The van der Waals surface area contributed by atoms with Gasteiger partial charge in [0.2, 0.25) is 0 Å². The molecule has 0 radical (unpaired) electrons. The molecule has 0 fully saturated rings. The van der Waals surface area contributed by atoms with Gasteiger partial charge in [-0.2, -0.15) is 10.2 Å². The average molecular weight is 463 g/mol. The largest absolute Gasteiger partial charge is 0.331 e. The topological polar surface area (TPSA) is 68.0 Å². The fourth-order valence-corrected chi connectivity index (χ4v) is 3.86. The maximum absolute atomic E-state index is 13.0. The molecule has 7 nitrogen and oxygen atoms in total. The molecule has 2 amide bonds. The standard InChI is InChI=1S/C25H27ClN6O/c1-17(23-14-27-31(4)18(23)2)28-25(33)30(3)15-20-16-32(22-8-6-5-7-9-22)29-24(20)19-10-12-21(26)13-11-19/h5-14,16-17H,15H2,1-4H3,(H,28,33). The number of carbonyl (C=O) groups excluding carboxylic acids is 1. The summed E-state index contributed by atoms with van der Waals surface area (Å²) in [5, 5.41) is 12.8. The van der Waals surface area contributed by atoms with Crippen LogP contribution in [0.15, 0.2) is 67.0 Å². The van der Waals surface area contributed by atoms with Crippen molar-refractivity contribution < 1.29 is 4.79 Å². The third-order valence-electron chi connectivity index (χ3n) is 5.76. The predicted molar refractivity (Wildman–Crippen MR) is 130 cm³/mol. The SMILES string of the molecule is Cc1c(C(C)NC(=O)N(C)Cc2cn(-c3ccccc3)nc2-c2ccc(Cl)cc2)cnn1C. The number of urea groups is 1. The summed E-state index contributed by atoms with van der Waals surface area (Å²) in [4.78, 5) is 14.6. The third kappa shape index (κ3) is 4.93. The van der Waals surface area contributed by atoms with Crippen molar-refractivity contribution in [2.45, 2.75) is 26.4 Å². The Kier molecular flexibility index (Phi) is 6.51. The van der Waals surface area contributed by atoms with E-state index in [1.54, 1.807) is 22.8 Å². The lowest BCUT2D eigenvalue weighted by Gasteiger charge is -2.21. The van der Waals surface area contributed by atoms with Gasteiger partial charge in [-0.1, -0.05) is 41.9 Å². The van der Waals surface area contributed by atoms with Crippen LogP contribution in [-0.2, 0) is 13.6 Å². The van der Waals surface area contributed by atoms with E-state index in [0.29, 0.717) is 11.6 Å². The number of rotatable bonds is 6. The van der Waals surface area contributed by atoms with Crippen LogP contribution >= 0.6 is 11.6 Å². The zero-order valence-electron chi connectivity index (χ0n) is 19.2. The second kappa shape index (κ2) is 9.50. The smallest absolute Gasteiger partial charge is 0.317 e. The van der Waals surface area contributed by atoms with Gasteiger partial charge in [-0.15, -0.1) is 0 Å². The van der Waals surface area contributed by atoms with Gasteiger partial charge in [-0.3, -0.25) is 4.68 Å². The molecule has 33 heavy (non-hydrogen) atoms. The maximum atomic E-state index is 13.0. The number of carbonyl (C=O) groups is 1. The number of para-hydroxylation sites is 1. The van der Waals surface area contributed by atoms with Crippen molar-refractivity contribution in [2.75, 3.05) is 7.05 Å². The number of aromatic nitrogens is 4. The highest BCUT2D eigenvalue weighted by Crippen LogP contribution is 2.26. The molecule has 2 heterocycles. The number of amides is 2. The highest BCUT2D eigenvalue weighted by molar-refractivity contribution is 6.30. The summed E-state index contributed by atoms with van der Waals surface area (Å²) in [6.07, 6.45) is 3.76.